The Hall–Kier alpha value is -1.69. The molecule has 0 bridgehead atoms. The first-order valence-electron chi connectivity index (χ1n) is 6.88. The molecule has 0 aromatic carbocycles. The van der Waals surface area contributed by atoms with Gasteiger partial charge in [0, 0.05) is 26.4 Å². The van der Waals surface area contributed by atoms with Gasteiger partial charge < -0.3 is 15.0 Å². The number of likely N-dealkylation sites (N-methyl/N-ethyl adjacent to an activating group) is 1. The van der Waals surface area contributed by atoms with Crippen molar-refractivity contribution in [1.82, 2.24) is 9.88 Å². The molecule has 1 saturated heterocycles. The van der Waals surface area contributed by atoms with E-state index in [0.717, 1.165) is 12.8 Å². The van der Waals surface area contributed by atoms with Crippen LogP contribution in [0, 0.1) is 5.82 Å². The predicted molar refractivity (Wildman–Crippen MR) is 74.3 cm³/mol. The second-order valence-corrected chi connectivity index (χ2v) is 4.88. The number of amides is 1. The summed E-state index contributed by atoms with van der Waals surface area (Å²) in [6.45, 7) is 3.75. The van der Waals surface area contributed by atoms with Crippen LogP contribution in [-0.2, 0) is 4.74 Å². The molecule has 1 aromatic rings. The Labute approximate surface area is 118 Å². The van der Waals surface area contributed by atoms with Crippen LogP contribution < -0.4 is 5.32 Å². The van der Waals surface area contributed by atoms with E-state index in [-0.39, 0.29) is 23.3 Å². The normalized spacial score (nSPS) is 18.1. The highest BCUT2D eigenvalue weighted by Gasteiger charge is 2.27. The van der Waals surface area contributed by atoms with Crippen LogP contribution >= 0.6 is 0 Å². The number of carbonyl (C=O) groups is 1. The maximum atomic E-state index is 14.3. The molecule has 0 aliphatic carbocycles. The van der Waals surface area contributed by atoms with Gasteiger partial charge in [-0.05, 0) is 18.9 Å². The predicted octanol–water partition coefficient (Wildman–Crippen LogP) is 1.90. The lowest BCUT2D eigenvalue weighted by Crippen LogP contribution is -2.37. The van der Waals surface area contributed by atoms with E-state index in [1.165, 1.54) is 12.3 Å². The Morgan fingerprint density at radius 3 is 3.10 bits per heavy atom. The maximum absolute atomic E-state index is 14.3. The Morgan fingerprint density at radius 2 is 2.45 bits per heavy atom. The highest BCUT2D eigenvalue weighted by atomic mass is 19.1. The minimum atomic E-state index is -0.586. The third kappa shape index (κ3) is 3.07. The summed E-state index contributed by atoms with van der Waals surface area (Å²) in [5, 5.41) is 2.88. The lowest BCUT2D eigenvalue weighted by Gasteiger charge is -2.23. The first kappa shape index (κ1) is 14.7. The lowest BCUT2D eigenvalue weighted by atomic mass is 10.1. The Morgan fingerprint density at radius 1 is 1.65 bits per heavy atom. The second-order valence-electron chi connectivity index (χ2n) is 4.88. The molecule has 1 aliphatic rings. The van der Waals surface area contributed by atoms with Crippen molar-refractivity contribution in [3.63, 3.8) is 0 Å². The highest BCUT2D eigenvalue weighted by Crippen LogP contribution is 2.19. The summed E-state index contributed by atoms with van der Waals surface area (Å²) in [6, 6.07) is 1.43. The molecule has 1 aromatic heterocycles. The van der Waals surface area contributed by atoms with Crippen molar-refractivity contribution in [2.24, 2.45) is 0 Å². The fourth-order valence-corrected chi connectivity index (χ4v) is 2.16. The van der Waals surface area contributed by atoms with Crippen molar-refractivity contribution in [2.75, 3.05) is 32.1 Å². The van der Waals surface area contributed by atoms with E-state index in [1.54, 1.807) is 11.9 Å². The molecule has 0 saturated carbocycles. The van der Waals surface area contributed by atoms with Gasteiger partial charge in [0.25, 0.3) is 5.91 Å². The first-order valence-corrected chi connectivity index (χ1v) is 6.88. The standard InChI is InChI=1S/C14H20FN3O2/c1-3-6-16-13-12(15)11(4-7-17-13)14(19)18(2)10-5-8-20-9-10/h4,7,10H,3,5-6,8-9H2,1-2H3,(H,16,17). The summed E-state index contributed by atoms with van der Waals surface area (Å²) in [4.78, 5) is 17.8. The molecule has 6 heteroatoms. The van der Waals surface area contributed by atoms with E-state index in [2.05, 4.69) is 10.3 Å². The van der Waals surface area contributed by atoms with Gasteiger partial charge in [0.1, 0.15) is 0 Å². The van der Waals surface area contributed by atoms with Crippen molar-refractivity contribution >= 4 is 11.7 Å². The largest absolute Gasteiger partial charge is 0.379 e. The van der Waals surface area contributed by atoms with Crippen LogP contribution in [0.3, 0.4) is 0 Å². The number of ether oxygens (including phenoxy) is 1. The average molecular weight is 281 g/mol. The zero-order chi connectivity index (χ0) is 14.5. The molecule has 20 heavy (non-hydrogen) atoms. The monoisotopic (exact) mass is 281 g/mol. The minimum Gasteiger partial charge on any atom is -0.379 e. The van der Waals surface area contributed by atoms with Gasteiger partial charge in [0.2, 0.25) is 0 Å². The third-order valence-corrected chi connectivity index (χ3v) is 3.44. The van der Waals surface area contributed by atoms with Gasteiger partial charge in [0.15, 0.2) is 11.6 Å². The fraction of sp³-hybridized carbons (Fsp3) is 0.571. The van der Waals surface area contributed by atoms with Crippen LogP contribution in [0.25, 0.3) is 0 Å². The van der Waals surface area contributed by atoms with Crippen LogP contribution in [0.15, 0.2) is 12.3 Å². The van der Waals surface area contributed by atoms with E-state index in [9.17, 15) is 9.18 Å². The van der Waals surface area contributed by atoms with Gasteiger partial charge in [-0.25, -0.2) is 9.37 Å². The summed E-state index contributed by atoms with van der Waals surface area (Å²) in [6.07, 6.45) is 3.10. The van der Waals surface area contributed by atoms with E-state index in [4.69, 9.17) is 4.74 Å². The molecule has 1 fully saturated rings. The fourth-order valence-electron chi connectivity index (χ4n) is 2.16. The number of aromatic nitrogens is 1. The number of rotatable bonds is 5. The molecule has 1 N–H and O–H groups in total. The van der Waals surface area contributed by atoms with Crippen LogP contribution in [0.5, 0.6) is 0 Å². The van der Waals surface area contributed by atoms with Crippen LogP contribution in [0.4, 0.5) is 10.2 Å². The molecule has 5 nitrogen and oxygen atoms in total. The van der Waals surface area contributed by atoms with E-state index >= 15 is 0 Å². The van der Waals surface area contributed by atoms with E-state index in [0.29, 0.717) is 19.8 Å². The van der Waals surface area contributed by atoms with Gasteiger partial charge in [-0.1, -0.05) is 6.92 Å². The highest BCUT2D eigenvalue weighted by molar-refractivity contribution is 5.95. The molecule has 110 valence electrons. The first-order chi connectivity index (χ1) is 9.65. The second kappa shape index (κ2) is 6.65. The van der Waals surface area contributed by atoms with Gasteiger partial charge in [-0.3, -0.25) is 4.79 Å². The topological polar surface area (TPSA) is 54.5 Å². The number of nitrogens with zero attached hydrogens (tertiary/aromatic N) is 2. The molecule has 0 radical (unpaired) electrons. The smallest absolute Gasteiger partial charge is 0.257 e. The summed E-state index contributed by atoms with van der Waals surface area (Å²) in [7, 11) is 1.68. The number of halogens is 1. The molecule has 0 spiro atoms. The molecular formula is C14H20FN3O2. The number of hydrogen-bond acceptors (Lipinski definition) is 4. The lowest BCUT2D eigenvalue weighted by molar-refractivity contribution is 0.0706. The molecule has 1 aliphatic heterocycles. The maximum Gasteiger partial charge on any atom is 0.257 e. The zero-order valence-corrected chi connectivity index (χ0v) is 11.9. The van der Waals surface area contributed by atoms with Crippen molar-refractivity contribution < 1.29 is 13.9 Å². The number of carbonyl (C=O) groups excluding carboxylic acids is 1. The van der Waals surface area contributed by atoms with Crippen molar-refractivity contribution in [3.05, 3.63) is 23.6 Å². The van der Waals surface area contributed by atoms with Gasteiger partial charge >= 0.3 is 0 Å². The molecule has 1 amide bonds. The summed E-state index contributed by atoms with van der Waals surface area (Å²) in [5.74, 6) is -0.787. The number of nitrogens with one attached hydrogen (secondary N) is 1. The van der Waals surface area contributed by atoms with Crippen LogP contribution in [0.2, 0.25) is 0 Å². The molecule has 1 atom stereocenters. The van der Waals surface area contributed by atoms with Crippen molar-refractivity contribution in [2.45, 2.75) is 25.8 Å². The summed E-state index contributed by atoms with van der Waals surface area (Å²) in [5.41, 5.74) is 0.0491. The minimum absolute atomic E-state index is 0.0158. The summed E-state index contributed by atoms with van der Waals surface area (Å²) >= 11 is 0. The number of pyridine rings is 1. The molecule has 2 rings (SSSR count). The molecule has 2 heterocycles. The Bertz CT molecular complexity index is 475. The Kier molecular flexibility index (Phi) is 4.89. The molecular weight excluding hydrogens is 261 g/mol. The van der Waals surface area contributed by atoms with Gasteiger partial charge in [0.05, 0.1) is 18.2 Å². The van der Waals surface area contributed by atoms with Crippen molar-refractivity contribution in [3.8, 4) is 0 Å². The van der Waals surface area contributed by atoms with E-state index in [1.807, 2.05) is 6.92 Å². The van der Waals surface area contributed by atoms with Crippen LogP contribution in [0.1, 0.15) is 30.1 Å². The van der Waals surface area contributed by atoms with Crippen molar-refractivity contribution in [1.29, 1.82) is 0 Å². The zero-order valence-electron chi connectivity index (χ0n) is 11.9. The number of hydrogen-bond donors (Lipinski definition) is 1. The average Bonchev–Trinajstić information content (AvgIpc) is 2.99. The van der Waals surface area contributed by atoms with E-state index < -0.39 is 5.82 Å². The Balaban J connectivity index is 2.16. The SMILES string of the molecule is CCCNc1nccc(C(=O)N(C)C2CCOC2)c1F. The van der Waals surface area contributed by atoms with Gasteiger partial charge in [-0.2, -0.15) is 0 Å². The quantitative estimate of drug-likeness (QED) is 0.895. The summed E-state index contributed by atoms with van der Waals surface area (Å²) < 4.78 is 19.5. The van der Waals surface area contributed by atoms with Gasteiger partial charge in [-0.15, -0.1) is 0 Å². The third-order valence-electron chi connectivity index (χ3n) is 3.44. The number of anilines is 1. The molecule has 1 unspecified atom stereocenters. The van der Waals surface area contributed by atoms with Crippen LogP contribution in [-0.4, -0.2) is 48.6 Å².